The van der Waals surface area contributed by atoms with E-state index in [4.69, 9.17) is 10.2 Å². The monoisotopic (exact) mass is 438 g/mol. The summed E-state index contributed by atoms with van der Waals surface area (Å²) in [6.07, 6.45) is 0.356. The third kappa shape index (κ3) is 5.62. The maximum absolute atomic E-state index is 13.6. The molecule has 0 aliphatic rings. The molecule has 168 valence electrons. The molecule has 0 bridgehead atoms. The number of para-hydroxylation sites is 1. The van der Waals surface area contributed by atoms with E-state index in [2.05, 4.69) is 0 Å². The van der Waals surface area contributed by atoms with Crippen molar-refractivity contribution >= 4 is 5.97 Å². The molecule has 0 radical (unpaired) electrons. The van der Waals surface area contributed by atoms with Crippen LogP contribution in [0.15, 0.2) is 66.4 Å². The van der Waals surface area contributed by atoms with Crippen molar-refractivity contribution in [3.63, 3.8) is 0 Å². The van der Waals surface area contributed by atoms with Crippen LogP contribution in [0, 0.1) is 5.82 Å². The Hall–Kier alpha value is -3.45. The molecule has 1 unspecified atom stereocenters. The van der Waals surface area contributed by atoms with E-state index >= 15 is 0 Å². The molecule has 3 rings (SSSR count). The number of carbonyl (C=O) groups is 1. The highest BCUT2D eigenvalue weighted by atomic mass is 19.1. The Morgan fingerprint density at radius 1 is 1.09 bits per heavy atom. The van der Waals surface area contributed by atoms with Crippen LogP contribution in [0.5, 0.6) is 0 Å². The number of aliphatic hydroxyl groups is 2. The highest BCUT2D eigenvalue weighted by molar-refractivity contribution is 5.80. The summed E-state index contributed by atoms with van der Waals surface area (Å²) in [5.74, 6) is -1.87. The van der Waals surface area contributed by atoms with Gasteiger partial charge in [-0.3, -0.25) is 0 Å². The molecule has 1 heterocycles. The van der Waals surface area contributed by atoms with Gasteiger partial charge in [0.15, 0.2) is 0 Å². The third-order valence-corrected chi connectivity index (χ3v) is 5.14. The summed E-state index contributed by atoms with van der Waals surface area (Å²) < 4.78 is 15.4. The van der Waals surface area contributed by atoms with Crippen LogP contribution in [0.1, 0.15) is 43.9 Å². The standard InChI is InChI=1S/C25H27FN2O4/c1-16(2)24-22(13-12-20(29)14-21(30)15-23(31)32)25(17-8-10-18(26)11-9-17)28(27-24)19-6-4-3-5-7-19/h3-11,15-16,20,29-30H,12-14H2,1-2H3,(H,31,32)/b21-15-. The summed E-state index contributed by atoms with van der Waals surface area (Å²) in [6.45, 7) is 4.07. The first kappa shape index (κ1) is 23.2. The van der Waals surface area contributed by atoms with E-state index < -0.39 is 12.1 Å². The largest absolute Gasteiger partial charge is 0.512 e. The molecule has 0 aliphatic heterocycles. The van der Waals surface area contributed by atoms with Crippen molar-refractivity contribution in [2.75, 3.05) is 0 Å². The van der Waals surface area contributed by atoms with E-state index in [0.29, 0.717) is 18.9 Å². The number of benzene rings is 2. The molecule has 0 spiro atoms. The van der Waals surface area contributed by atoms with Crippen LogP contribution in [0.3, 0.4) is 0 Å². The number of hydrogen-bond acceptors (Lipinski definition) is 4. The zero-order valence-electron chi connectivity index (χ0n) is 18.1. The van der Waals surface area contributed by atoms with E-state index in [0.717, 1.165) is 28.2 Å². The van der Waals surface area contributed by atoms with Gasteiger partial charge in [-0.1, -0.05) is 32.0 Å². The van der Waals surface area contributed by atoms with Gasteiger partial charge in [-0.2, -0.15) is 5.10 Å². The summed E-state index contributed by atoms with van der Waals surface area (Å²) in [7, 11) is 0. The van der Waals surface area contributed by atoms with Crippen molar-refractivity contribution < 1.29 is 24.5 Å². The molecular formula is C25H27FN2O4. The minimum Gasteiger partial charge on any atom is -0.512 e. The fourth-order valence-corrected chi connectivity index (χ4v) is 3.69. The molecule has 0 aliphatic carbocycles. The zero-order chi connectivity index (χ0) is 23.3. The lowest BCUT2D eigenvalue weighted by atomic mass is 9.95. The van der Waals surface area contributed by atoms with Crippen LogP contribution >= 0.6 is 0 Å². The maximum atomic E-state index is 13.6. The SMILES string of the molecule is CC(C)c1nn(-c2ccccc2)c(-c2ccc(F)cc2)c1CCC(O)C/C(O)=C/C(=O)O. The van der Waals surface area contributed by atoms with Gasteiger partial charge in [-0.05, 0) is 55.2 Å². The number of aromatic nitrogens is 2. The van der Waals surface area contributed by atoms with Gasteiger partial charge in [0.2, 0.25) is 0 Å². The molecule has 3 aromatic rings. The van der Waals surface area contributed by atoms with Crippen LogP contribution < -0.4 is 0 Å². The first-order chi connectivity index (χ1) is 15.3. The van der Waals surface area contributed by atoms with Gasteiger partial charge >= 0.3 is 5.97 Å². The predicted molar refractivity (Wildman–Crippen MR) is 120 cm³/mol. The number of carboxylic acid groups (broad SMARTS) is 1. The summed E-state index contributed by atoms with van der Waals surface area (Å²) in [5, 5.41) is 33.7. The third-order valence-electron chi connectivity index (χ3n) is 5.14. The fraction of sp³-hybridized carbons (Fsp3) is 0.280. The number of aliphatic carboxylic acids is 1. The van der Waals surface area contributed by atoms with E-state index in [1.54, 1.807) is 12.1 Å². The van der Waals surface area contributed by atoms with Crippen molar-refractivity contribution in [3.05, 3.63) is 83.5 Å². The van der Waals surface area contributed by atoms with Crippen molar-refractivity contribution in [2.45, 2.75) is 45.1 Å². The van der Waals surface area contributed by atoms with Crippen LogP contribution in [0.25, 0.3) is 16.9 Å². The summed E-state index contributed by atoms with van der Waals surface area (Å²) in [5.41, 5.74) is 4.27. The summed E-state index contributed by atoms with van der Waals surface area (Å²) in [4.78, 5) is 10.7. The quantitative estimate of drug-likeness (QED) is 0.322. The van der Waals surface area contributed by atoms with Crippen LogP contribution in [-0.2, 0) is 11.2 Å². The minimum absolute atomic E-state index is 0.103. The smallest absolute Gasteiger partial charge is 0.331 e. The lowest BCUT2D eigenvalue weighted by Gasteiger charge is -2.13. The first-order valence-electron chi connectivity index (χ1n) is 10.5. The molecule has 1 aromatic heterocycles. The Morgan fingerprint density at radius 3 is 2.34 bits per heavy atom. The lowest BCUT2D eigenvalue weighted by Crippen LogP contribution is -2.11. The number of rotatable bonds is 9. The van der Waals surface area contributed by atoms with Gasteiger partial charge < -0.3 is 15.3 Å². The van der Waals surface area contributed by atoms with Crippen molar-refractivity contribution in [1.29, 1.82) is 0 Å². The average molecular weight is 438 g/mol. The van der Waals surface area contributed by atoms with Gasteiger partial charge in [0, 0.05) is 17.5 Å². The minimum atomic E-state index is -1.26. The van der Waals surface area contributed by atoms with Gasteiger partial charge in [0.25, 0.3) is 0 Å². The second-order valence-electron chi connectivity index (χ2n) is 7.99. The molecule has 32 heavy (non-hydrogen) atoms. The van der Waals surface area contributed by atoms with Crippen molar-refractivity contribution in [3.8, 4) is 16.9 Å². The Bertz CT molecular complexity index is 1090. The van der Waals surface area contributed by atoms with E-state index in [1.807, 2.05) is 48.9 Å². The summed E-state index contributed by atoms with van der Waals surface area (Å²) in [6, 6.07) is 15.9. The highest BCUT2D eigenvalue weighted by Crippen LogP contribution is 2.34. The number of nitrogens with zero attached hydrogens (tertiary/aromatic N) is 2. The molecule has 1 atom stereocenters. The lowest BCUT2D eigenvalue weighted by molar-refractivity contribution is -0.131. The Labute approximate surface area is 186 Å². The van der Waals surface area contributed by atoms with Crippen LogP contribution in [-0.4, -0.2) is 37.2 Å². The second-order valence-corrected chi connectivity index (χ2v) is 7.99. The van der Waals surface area contributed by atoms with E-state index in [9.17, 15) is 19.4 Å². The molecule has 0 fully saturated rings. The van der Waals surface area contributed by atoms with Gasteiger partial charge in [0.1, 0.15) is 11.6 Å². The number of halogens is 1. The van der Waals surface area contributed by atoms with E-state index in [1.165, 1.54) is 12.1 Å². The molecule has 0 saturated heterocycles. The molecule has 3 N–H and O–H groups in total. The summed E-state index contributed by atoms with van der Waals surface area (Å²) >= 11 is 0. The van der Waals surface area contributed by atoms with Gasteiger partial charge in [-0.25, -0.2) is 13.9 Å². The second kappa shape index (κ2) is 10.2. The Kier molecular flexibility index (Phi) is 7.43. The Morgan fingerprint density at radius 2 is 1.75 bits per heavy atom. The topological polar surface area (TPSA) is 95.6 Å². The van der Waals surface area contributed by atoms with Gasteiger partial charge in [0.05, 0.1) is 29.3 Å². The number of aliphatic hydroxyl groups excluding tert-OH is 2. The molecule has 0 amide bonds. The van der Waals surface area contributed by atoms with Crippen molar-refractivity contribution in [2.24, 2.45) is 0 Å². The van der Waals surface area contributed by atoms with Crippen molar-refractivity contribution in [1.82, 2.24) is 9.78 Å². The maximum Gasteiger partial charge on any atom is 0.331 e. The number of carboxylic acids is 1. The molecular weight excluding hydrogens is 411 g/mol. The molecule has 6 nitrogen and oxygen atoms in total. The first-order valence-corrected chi connectivity index (χ1v) is 10.5. The fourth-order valence-electron chi connectivity index (χ4n) is 3.69. The molecule has 0 saturated carbocycles. The van der Waals surface area contributed by atoms with E-state index in [-0.39, 0.29) is 23.9 Å². The van der Waals surface area contributed by atoms with Gasteiger partial charge in [-0.15, -0.1) is 0 Å². The normalized spacial score (nSPS) is 12.8. The van der Waals surface area contributed by atoms with Crippen LogP contribution in [0.2, 0.25) is 0 Å². The Balaban J connectivity index is 2.02. The average Bonchev–Trinajstić information content (AvgIpc) is 3.12. The predicted octanol–water partition coefficient (Wildman–Crippen LogP) is 5.01. The highest BCUT2D eigenvalue weighted by Gasteiger charge is 2.23. The number of hydrogen-bond donors (Lipinski definition) is 3. The molecule has 2 aromatic carbocycles. The van der Waals surface area contributed by atoms with Crippen LogP contribution in [0.4, 0.5) is 4.39 Å². The molecule has 7 heteroatoms. The zero-order valence-corrected chi connectivity index (χ0v) is 18.1.